The van der Waals surface area contributed by atoms with Crippen LogP contribution in [0, 0.1) is 41.5 Å². The second kappa shape index (κ2) is 7.07. The third-order valence-electron chi connectivity index (χ3n) is 4.77. The molecular weight excluding hydrogens is 324 g/mol. The summed E-state index contributed by atoms with van der Waals surface area (Å²) in [5.41, 5.74) is 8.70. The summed E-state index contributed by atoms with van der Waals surface area (Å²) in [4.78, 5) is 17.4. The largest absolute Gasteiger partial charge is 0.324 e. The summed E-state index contributed by atoms with van der Waals surface area (Å²) in [5, 5.41) is 6.56. The highest BCUT2D eigenvalue weighted by Crippen LogP contribution is 2.25. The van der Waals surface area contributed by atoms with E-state index in [2.05, 4.69) is 57.4 Å². The summed E-state index contributed by atoms with van der Waals surface area (Å²) in [5.74, 6) is 1.01. The number of hydrogen-bond acceptors (Lipinski definition) is 6. The van der Waals surface area contributed by atoms with Crippen molar-refractivity contribution in [1.82, 2.24) is 19.9 Å². The van der Waals surface area contributed by atoms with Crippen molar-refractivity contribution in [3.05, 3.63) is 58.2 Å². The molecule has 134 valence electrons. The monoisotopic (exact) mass is 348 g/mol. The SMILES string of the molecule is Cc1cc(Nc2ncnc(Nc3ccc(C)c(C)c3C)n2)c(C)c(C)n1. The van der Waals surface area contributed by atoms with Crippen LogP contribution in [0.3, 0.4) is 0 Å². The molecule has 0 bridgehead atoms. The van der Waals surface area contributed by atoms with Crippen molar-refractivity contribution in [2.45, 2.75) is 41.5 Å². The number of nitrogens with zero attached hydrogens (tertiary/aromatic N) is 4. The molecule has 0 atom stereocenters. The minimum atomic E-state index is 0.497. The second-order valence-electron chi connectivity index (χ2n) is 6.58. The summed E-state index contributed by atoms with van der Waals surface area (Å²) in [6, 6.07) is 6.14. The molecule has 0 unspecified atom stereocenters. The zero-order valence-electron chi connectivity index (χ0n) is 16.1. The number of anilines is 4. The van der Waals surface area contributed by atoms with Gasteiger partial charge in [-0.1, -0.05) is 6.07 Å². The number of rotatable bonds is 4. The Bertz CT molecular complexity index is 965. The van der Waals surface area contributed by atoms with Gasteiger partial charge in [0.1, 0.15) is 6.33 Å². The molecule has 0 radical (unpaired) electrons. The van der Waals surface area contributed by atoms with Crippen LogP contribution < -0.4 is 10.6 Å². The number of aryl methyl sites for hydroxylation is 3. The minimum Gasteiger partial charge on any atom is -0.324 e. The van der Waals surface area contributed by atoms with E-state index in [4.69, 9.17) is 0 Å². The van der Waals surface area contributed by atoms with Crippen LogP contribution >= 0.6 is 0 Å². The molecule has 6 nitrogen and oxygen atoms in total. The van der Waals surface area contributed by atoms with Crippen LogP contribution in [0.15, 0.2) is 24.5 Å². The van der Waals surface area contributed by atoms with Crippen molar-refractivity contribution in [3.8, 4) is 0 Å². The van der Waals surface area contributed by atoms with Gasteiger partial charge >= 0.3 is 0 Å². The van der Waals surface area contributed by atoms with Gasteiger partial charge in [0.25, 0.3) is 0 Å². The standard InChI is InChI=1S/C20H24N6/c1-11-7-8-17(14(4)13(11)3)24-19-21-10-22-20(26-19)25-18-9-12(2)23-16(6)15(18)5/h7-10H,1-6H3,(H2,21,22,23,24,25,26). The van der Waals surface area contributed by atoms with E-state index >= 15 is 0 Å². The Morgan fingerprint density at radius 2 is 1.35 bits per heavy atom. The van der Waals surface area contributed by atoms with E-state index < -0.39 is 0 Å². The van der Waals surface area contributed by atoms with Gasteiger partial charge in [-0.05, 0) is 75.9 Å². The van der Waals surface area contributed by atoms with Crippen molar-refractivity contribution >= 4 is 23.3 Å². The second-order valence-corrected chi connectivity index (χ2v) is 6.58. The molecule has 0 aliphatic carbocycles. The predicted molar refractivity (Wildman–Crippen MR) is 105 cm³/mol. The lowest BCUT2D eigenvalue weighted by atomic mass is 10.0. The van der Waals surface area contributed by atoms with Crippen molar-refractivity contribution < 1.29 is 0 Å². The maximum atomic E-state index is 4.49. The van der Waals surface area contributed by atoms with E-state index in [9.17, 15) is 0 Å². The van der Waals surface area contributed by atoms with Crippen LogP contribution in [0.2, 0.25) is 0 Å². The molecule has 26 heavy (non-hydrogen) atoms. The highest BCUT2D eigenvalue weighted by molar-refractivity contribution is 5.63. The maximum Gasteiger partial charge on any atom is 0.232 e. The average molecular weight is 348 g/mol. The third-order valence-corrected chi connectivity index (χ3v) is 4.77. The average Bonchev–Trinajstić information content (AvgIpc) is 2.60. The zero-order chi connectivity index (χ0) is 18.8. The summed E-state index contributed by atoms with van der Waals surface area (Å²) in [6.07, 6.45) is 1.50. The Morgan fingerprint density at radius 3 is 2.04 bits per heavy atom. The van der Waals surface area contributed by atoms with Crippen LogP contribution in [0.4, 0.5) is 23.3 Å². The number of nitrogens with one attached hydrogen (secondary N) is 2. The zero-order valence-corrected chi connectivity index (χ0v) is 16.1. The van der Waals surface area contributed by atoms with Crippen LogP contribution in [-0.2, 0) is 0 Å². The Labute approximate surface area is 154 Å². The number of hydrogen-bond donors (Lipinski definition) is 2. The molecule has 0 spiro atoms. The fourth-order valence-electron chi connectivity index (χ4n) is 2.77. The topological polar surface area (TPSA) is 75.6 Å². The van der Waals surface area contributed by atoms with Gasteiger partial charge < -0.3 is 10.6 Å². The molecule has 0 fully saturated rings. The van der Waals surface area contributed by atoms with Crippen molar-refractivity contribution in [1.29, 1.82) is 0 Å². The van der Waals surface area contributed by atoms with Crippen LogP contribution in [0.1, 0.15) is 33.6 Å². The third kappa shape index (κ3) is 3.64. The van der Waals surface area contributed by atoms with E-state index in [0.29, 0.717) is 11.9 Å². The lowest BCUT2D eigenvalue weighted by Crippen LogP contribution is -2.06. The van der Waals surface area contributed by atoms with E-state index in [1.165, 1.54) is 23.0 Å². The Kier molecular flexibility index (Phi) is 4.84. The van der Waals surface area contributed by atoms with Crippen LogP contribution in [-0.4, -0.2) is 19.9 Å². The van der Waals surface area contributed by atoms with Crippen molar-refractivity contribution in [2.75, 3.05) is 10.6 Å². The van der Waals surface area contributed by atoms with Crippen molar-refractivity contribution in [2.24, 2.45) is 0 Å². The number of benzene rings is 1. The fraction of sp³-hybridized carbons (Fsp3) is 0.300. The molecule has 2 heterocycles. The first kappa shape index (κ1) is 17.8. The molecule has 3 rings (SSSR count). The van der Waals surface area contributed by atoms with E-state index in [0.717, 1.165) is 28.3 Å². The molecule has 0 saturated heterocycles. The minimum absolute atomic E-state index is 0.497. The summed E-state index contributed by atoms with van der Waals surface area (Å²) in [6.45, 7) is 12.3. The molecule has 6 heteroatoms. The lowest BCUT2D eigenvalue weighted by molar-refractivity contribution is 1.05. The van der Waals surface area contributed by atoms with Gasteiger partial charge in [0, 0.05) is 22.8 Å². The van der Waals surface area contributed by atoms with Gasteiger partial charge in [0.05, 0.1) is 0 Å². The highest BCUT2D eigenvalue weighted by atomic mass is 15.2. The highest BCUT2D eigenvalue weighted by Gasteiger charge is 2.09. The lowest BCUT2D eigenvalue weighted by Gasteiger charge is -2.14. The predicted octanol–water partition coefficient (Wildman–Crippen LogP) is 4.60. The molecule has 0 aliphatic rings. The number of pyridine rings is 1. The van der Waals surface area contributed by atoms with E-state index in [-0.39, 0.29) is 0 Å². The molecular formula is C20H24N6. The first-order valence-electron chi connectivity index (χ1n) is 8.60. The quantitative estimate of drug-likeness (QED) is 0.717. The maximum absolute atomic E-state index is 4.49. The van der Waals surface area contributed by atoms with E-state index in [1.54, 1.807) is 0 Å². The van der Waals surface area contributed by atoms with Crippen LogP contribution in [0.25, 0.3) is 0 Å². The molecule has 2 N–H and O–H groups in total. The smallest absolute Gasteiger partial charge is 0.232 e. The Balaban J connectivity index is 1.87. The van der Waals surface area contributed by atoms with E-state index in [1.807, 2.05) is 32.9 Å². The Hall–Kier alpha value is -3.02. The number of aromatic nitrogens is 4. The first-order valence-corrected chi connectivity index (χ1v) is 8.60. The Morgan fingerprint density at radius 1 is 0.692 bits per heavy atom. The van der Waals surface area contributed by atoms with Gasteiger partial charge in [-0.2, -0.15) is 4.98 Å². The molecule has 3 aromatic rings. The van der Waals surface area contributed by atoms with Crippen LogP contribution in [0.5, 0.6) is 0 Å². The normalized spacial score (nSPS) is 10.7. The van der Waals surface area contributed by atoms with Gasteiger partial charge in [-0.25, -0.2) is 9.97 Å². The first-order chi connectivity index (χ1) is 12.3. The van der Waals surface area contributed by atoms with Gasteiger partial charge in [0.2, 0.25) is 11.9 Å². The fourth-order valence-corrected chi connectivity index (χ4v) is 2.77. The summed E-state index contributed by atoms with van der Waals surface area (Å²) >= 11 is 0. The van der Waals surface area contributed by atoms with Gasteiger partial charge in [0.15, 0.2) is 0 Å². The molecule has 2 aromatic heterocycles. The molecule has 1 aromatic carbocycles. The summed E-state index contributed by atoms with van der Waals surface area (Å²) in [7, 11) is 0. The molecule has 0 amide bonds. The molecule has 0 aliphatic heterocycles. The summed E-state index contributed by atoms with van der Waals surface area (Å²) < 4.78 is 0. The van der Waals surface area contributed by atoms with Crippen molar-refractivity contribution in [3.63, 3.8) is 0 Å². The van der Waals surface area contributed by atoms with Gasteiger partial charge in [-0.15, -0.1) is 0 Å². The van der Waals surface area contributed by atoms with Gasteiger partial charge in [-0.3, -0.25) is 4.98 Å². The molecule has 0 saturated carbocycles.